The lowest BCUT2D eigenvalue weighted by Gasteiger charge is -2.20. The quantitative estimate of drug-likeness (QED) is 0.826. The van der Waals surface area contributed by atoms with Gasteiger partial charge in [-0.3, -0.25) is 9.69 Å². The second-order valence-electron chi connectivity index (χ2n) is 4.79. The molecule has 0 aliphatic rings. The van der Waals surface area contributed by atoms with Gasteiger partial charge in [0.2, 0.25) is 5.91 Å². The van der Waals surface area contributed by atoms with Crippen LogP contribution < -0.4 is 5.32 Å². The van der Waals surface area contributed by atoms with Crippen molar-refractivity contribution in [3.63, 3.8) is 0 Å². The molecule has 0 unspecified atom stereocenters. The fraction of sp³-hybridized carbons (Fsp3) is 0.533. The monoisotopic (exact) mass is 326 g/mol. The van der Waals surface area contributed by atoms with Crippen molar-refractivity contribution in [1.29, 1.82) is 0 Å². The number of benzene rings is 1. The van der Waals surface area contributed by atoms with E-state index in [1.807, 2.05) is 25.1 Å². The first kappa shape index (κ1) is 16.2. The lowest BCUT2D eigenvalue weighted by atomic mass is 10.2. The Kier molecular flexibility index (Phi) is 7.10. The van der Waals surface area contributed by atoms with Gasteiger partial charge in [-0.2, -0.15) is 0 Å². The van der Waals surface area contributed by atoms with Gasteiger partial charge in [-0.25, -0.2) is 0 Å². The van der Waals surface area contributed by atoms with Crippen molar-refractivity contribution in [2.45, 2.75) is 33.6 Å². The molecule has 0 saturated heterocycles. The van der Waals surface area contributed by atoms with Crippen molar-refractivity contribution in [1.82, 2.24) is 4.90 Å². The molecule has 0 bridgehead atoms. The van der Waals surface area contributed by atoms with Crippen molar-refractivity contribution in [3.05, 3.63) is 28.2 Å². The molecular formula is C15H23BrN2O. The molecule has 0 aliphatic carbocycles. The molecule has 1 rings (SSSR count). The molecule has 0 heterocycles. The number of carbonyl (C=O) groups excluding carboxylic acids is 1. The van der Waals surface area contributed by atoms with E-state index in [9.17, 15) is 4.79 Å². The number of hydrogen-bond acceptors (Lipinski definition) is 2. The Morgan fingerprint density at radius 1 is 1.26 bits per heavy atom. The summed E-state index contributed by atoms with van der Waals surface area (Å²) in [4.78, 5) is 14.2. The fourth-order valence-corrected chi connectivity index (χ4v) is 2.36. The van der Waals surface area contributed by atoms with E-state index in [2.05, 4.69) is 40.0 Å². The van der Waals surface area contributed by atoms with Crippen molar-refractivity contribution in [2.24, 2.45) is 0 Å². The van der Waals surface area contributed by atoms with Crippen LogP contribution in [0.25, 0.3) is 0 Å². The second kappa shape index (κ2) is 8.33. The SMILES string of the molecule is CCCN(CCC)CC(=O)Nc1ccc(C)c(Br)c1. The highest BCUT2D eigenvalue weighted by molar-refractivity contribution is 9.10. The average molecular weight is 327 g/mol. The van der Waals surface area contributed by atoms with E-state index in [-0.39, 0.29) is 5.91 Å². The van der Waals surface area contributed by atoms with Crippen LogP contribution in [0.4, 0.5) is 5.69 Å². The summed E-state index contributed by atoms with van der Waals surface area (Å²) in [5, 5.41) is 2.95. The van der Waals surface area contributed by atoms with Gasteiger partial charge in [-0.1, -0.05) is 35.8 Å². The Hall–Kier alpha value is -0.870. The molecule has 1 amide bonds. The van der Waals surface area contributed by atoms with Crippen LogP contribution in [0.5, 0.6) is 0 Å². The van der Waals surface area contributed by atoms with Crippen molar-refractivity contribution >= 4 is 27.5 Å². The van der Waals surface area contributed by atoms with Crippen LogP contribution in [0.2, 0.25) is 0 Å². The lowest BCUT2D eigenvalue weighted by Crippen LogP contribution is -2.34. The smallest absolute Gasteiger partial charge is 0.238 e. The number of rotatable bonds is 7. The molecule has 0 aliphatic heterocycles. The molecule has 1 aromatic carbocycles. The summed E-state index contributed by atoms with van der Waals surface area (Å²) in [5.74, 6) is 0.0534. The number of aryl methyl sites for hydroxylation is 1. The fourth-order valence-electron chi connectivity index (χ4n) is 1.98. The van der Waals surface area contributed by atoms with E-state index in [4.69, 9.17) is 0 Å². The van der Waals surface area contributed by atoms with E-state index in [0.29, 0.717) is 6.54 Å². The van der Waals surface area contributed by atoms with Gasteiger partial charge in [0.15, 0.2) is 0 Å². The van der Waals surface area contributed by atoms with Gasteiger partial charge in [-0.15, -0.1) is 0 Å². The Morgan fingerprint density at radius 2 is 1.89 bits per heavy atom. The maximum Gasteiger partial charge on any atom is 0.238 e. The van der Waals surface area contributed by atoms with Crippen LogP contribution in [0.15, 0.2) is 22.7 Å². The Labute approximate surface area is 124 Å². The molecule has 0 spiro atoms. The van der Waals surface area contributed by atoms with Crippen LogP contribution in [-0.4, -0.2) is 30.4 Å². The van der Waals surface area contributed by atoms with Crippen molar-refractivity contribution < 1.29 is 4.79 Å². The predicted molar refractivity (Wildman–Crippen MR) is 84.5 cm³/mol. The van der Waals surface area contributed by atoms with Crippen LogP contribution in [0.1, 0.15) is 32.3 Å². The molecule has 0 fully saturated rings. The summed E-state index contributed by atoms with van der Waals surface area (Å²) in [6.45, 7) is 8.71. The molecule has 1 N–H and O–H groups in total. The highest BCUT2D eigenvalue weighted by Crippen LogP contribution is 2.20. The van der Waals surface area contributed by atoms with Gasteiger partial charge in [-0.05, 0) is 50.6 Å². The molecule has 19 heavy (non-hydrogen) atoms. The van der Waals surface area contributed by atoms with Gasteiger partial charge in [0.1, 0.15) is 0 Å². The molecule has 0 saturated carbocycles. The van der Waals surface area contributed by atoms with Gasteiger partial charge in [0, 0.05) is 10.2 Å². The van der Waals surface area contributed by atoms with Crippen LogP contribution in [-0.2, 0) is 4.79 Å². The van der Waals surface area contributed by atoms with Gasteiger partial charge < -0.3 is 5.32 Å². The molecule has 3 nitrogen and oxygen atoms in total. The summed E-state index contributed by atoms with van der Waals surface area (Å²) in [5.41, 5.74) is 2.01. The average Bonchev–Trinajstić information content (AvgIpc) is 2.34. The Bertz CT molecular complexity index is 415. The van der Waals surface area contributed by atoms with Crippen LogP contribution in [0.3, 0.4) is 0 Å². The molecule has 4 heteroatoms. The second-order valence-corrected chi connectivity index (χ2v) is 5.64. The molecule has 106 valence electrons. The summed E-state index contributed by atoms with van der Waals surface area (Å²) in [6.07, 6.45) is 2.15. The Balaban J connectivity index is 2.55. The molecule has 0 aromatic heterocycles. The number of hydrogen-bond donors (Lipinski definition) is 1. The van der Waals surface area contributed by atoms with Gasteiger partial charge in [0.25, 0.3) is 0 Å². The van der Waals surface area contributed by atoms with Crippen molar-refractivity contribution in [3.8, 4) is 0 Å². The van der Waals surface area contributed by atoms with E-state index in [1.54, 1.807) is 0 Å². The number of nitrogens with zero attached hydrogens (tertiary/aromatic N) is 1. The standard InChI is InChI=1S/C15H23BrN2O/c1-4-8-18(9-5-2)11-15(19)17-13-7-6-12(3)14(16)10-13/h6-7,10H,4-5,8-9,11H2,1-3H3,(H,17,19). The Morgan fingerprint density at radius 3 is 2.42 bits per heavy atom. The number of amides is 1. The normalized spacial score (nSPS) is 10.8. The highest BCUT2D eigenvalue weighted by atomic mass is 79.9. The minimum atomic E-state index is 0.0534. The minimum Gasteiger partial charge on any atom is -0.325 e. The zero-order valence-corrected chi connectivity index (χ0v) is 13.6. The first-order chi connectivity index (χ1) is 9.06. The van der Waals surface area contributed by atoms with E-state index in [1.165, 1.54) is 0 Å². The zero-order valence-electron chi connectivity index (χ0n) is 12.0. The summed E-state index contributed by atoms with van der Waals surface area (Å²) < 4.78 is 1.02. The predicted octanol–water partition coefficient (Wildman–Crippen LogP) is 3.82. The number of carbonyl (C=O) groups is 1. The van der Waals surface area contributed by atoms with E-state index >= 15 is 0 Å². The summed E-state index contributed by atoms with van der Waals surface area (Å²) in [6, 6.07) is 5.87. The summed E-state index contributed by atoms with van der Waals surface area (Å²) in [7, 11) is 0. The summed E-state index contributed by atoms with van der Waals surface area (Å²) >= 11 is 3.47. The first-order valence-corrected chi connectivity index (χ1v) is 7.64. The molecule has 0 radical (unpaired) electrons. The molecular weight excluding hydrogens is 304 g/mol. The number of nitrogens with one attached hydrogen (secondary N) is 1. The third-order valence-electron chi connectivity index (χ3n) is 2.90. The van der Waals surface area contributed by atoms with Gasteiger partial charge in [0.05, 0.1) is 6.54 Å². The molecule has 0 atom stereocenters. The van der Waals surface area contributed by atoms with Crippen LogP contribution in [0, 0.1) is 6.92 Å². The molecule has 1 aromatic rings. The van der Waals surface area contributed by atoms with Crippen LogP contribution >= 0.6 is 15.9 Å². The largest absolute Gasteiger partial charge is 0.325 e. The third kappa shape index (κ3) is 5.74. The third-order valence-corrected chi connectivity index (χ3v) is 3.76. The van der Waals surface area contributed by atoms with E-state index in [0.717, 1.165) is 41.7 Å². The topological polar surface area (TPSA) is 32.3 Å². The van der Waals surface area contributed by atoms with Gasteiger partial charge >= 0.3 is 0 Å². The maximum absolute atomic E-state index is 12.0. The first-order valence-electron chi connectivity index (χ1n) is 6.85. The zero-order chi connectivity index (χ0) is 14.3. The van der Waals surface area contributed by atoms with E-state index < -0.39 is 0 Å². The maximum atomic E-state index is 12.0. The highest BCUT2D eigenvalue weighted by Gasteiger charge is 2.09. The number of halogens is 1. The van der Waals surface area contributed by atoms with Crippen molar-refractivity contribution in [2.75, 3.05) is 25.0 Å². The number of anilines is 1. The minimum absolute atomic E-state index is 0.0534. The lowest BCUT2D eigenvalue weighted by molar-refractivity contribution is -0.117.